The molecule has 2 aromatic carbocycles. The fourth-order valence-electron chi connectivity index (χ4n) is 2.39. The lowest BCUT2D eigenvalue weighted by Crippen LogP contribution is -2.27. The van der Waals surface area contributed by atoms with E-state index in [4.69, 9.17) is 17.0 Å². The Balaban J connectivity index is 1.94. The first-order valence-corrected chi connectivity index (χ1v) is 8.43. The highest BCUT2D eigenvalue weighted by Gasteiger charge is 2.33. The predicted molar refractivity (Wildman–Crippen MR) is 101 cm³/mol. The van der Waals surface area contributed by atoms with E-state index in [9.17, 15) is 9.90 Å². The van der Waals surface area contributed by atoms with Crippen LogP contribution in [-0.2, 0) is 4.79 Å². The molecule has 0 spiro atoms. The van der Waals surface area contributed by atoms with Crippen LogP contribution in [-0.4, -0.2) is 22.4 Å². The molecule has 0 radical (unpaired) electrons. The van der Waals surface area contributed by atoms with Gasteiger partial charge in [-0.05, 0) is 48.4 Å². The first-order chi connectivity index (χ1) is 11.5. The Bertz CT molecular complexity index is 861. The summed E-state index contributed by atoms with van der Waals surface area (Å²) in [5.74, 6) is 0.266. The van der Waals surface area contributed by atoms with Crippen LogP contribution in [0.3, 0.4) is 0 Å². The lowest BCUT2D eigenvalue weighted by Gasteiger charge is -2.14. The van der Waals surface area contributed by atoms with E-state index in [1.54, 1.807) is 18.2 Å². The van der Waals surface area contributed by atoms with Gasteiger partial charge in [0.1, 0.15) is 0 Å². The van der Waals surface area contributed by atoms with Crippen LogP contribution in [0.1, 0.15) is 11.1 Å². The van der Waals surface area contributed by atoms with Gasteiger partial charge in [0.2, 0.25) is 0 Å². The standard InChI is InChI=1S/C18H15NO3S2/c1-11-4-3-5-13(8-11)19-17(21)16(24-18(19)23)10-12-6-7-14(20)15(9-12)22-2/h3-10,20H,1-2H3/b16-10-. The molecule has 4 nitrogen and oxygen atoms in total. The monoisotopic (exact) mass is 357 g/mol. The summed E-state index contributed by atoms with van der Waals surface area (Å²) in [4.78, 5) is 14.8. The molecule has 0 atom stereocenters. The average Bonchev–Trinajstić information content (AvgIpc) is 2.83. The second kappa shape index (κ2) is 6.67. The summed E-state index contributed by atoms with van der Waals surface area (Å²) >= 11 is 6.63. The molecule has 1 amide bonds. The van der Waals surface area contributed by atoms with Crippen molar-refractivity contribution in [1.29, 1.82) is 0 Å². The van der Waals surface area contributed by atoms with Gasteiger partial charge in [0, 0.05) is 0 Å². The average molecular weight is 357 g/mol. The Morgan fingerprint density at radius 3 is 2.75 bits per heavy atom. The summed E-state index contributed by atoms with van der Waals surface area (Å²) in [7, 11) is 1.48. The van der Waals surface area contributed by atoms with Gasteiger partial charge in [0.25, 0.3) is 5.91 Å². The number of nitrogens with zero attached hydrogens (tertiary/aromatic N) is 1. The first-order valence-electron chi connectivity index (χ1n) is 7.21. The van der Waals surface area contributed by atoms with Crippen molar-refractivity contribution in [2.45, 2.75) is 6.92 Å². The topological polar surface area (TPSA) is 49.8 Å². The van der Waals surface area contributed by atoms with Gasteiger partial charge < -0.3 is 9.84 Å². The second-order valence-corrected chi connectivity index (χ2v) is 6.96. The molecule has 1 saturated heterocycles. The highest BCUT2D eigenvalue weighted by molar-refractivity contribution is 8.27. The van der Waals surface area contributed by atoms with Crippen LogP contribution in [0.4, 0.5) is 5.69 Å². The molecule has 24 heavy (non-hydrogen) atoms. The van der Waals surface area contributed by atoms with Gasteiger partial charge in [-0.2, -0.15) is 0 Å². The van der Waals surface area contributed by atoms with Crippen molar-refractivity contribution in [2.75, 3.05) is 12.0 Å². The zero-order chi connectivity index (χ0) is 17.3. The number of carbonyl (C=O) groups excluding carboxylic acids is 1. The third kappa shape index (κ3) is 3.16. The molecule has 1 N–H and O–H groups in total. The fraction of sp³-hybridized carbons (Fsp3) is 0.111. The molecule has 1 fully saturated rings. The maximum Gasteiger partial charge on any atom is 0.270 e. The Morgan fingerprint density at radius 1 is 1.25 bits per heavy atom. The number of hydrogen-bond donors (Lipinski definition) is 1. The maximum absolute atomic E-state index is 12.7. The van der Waals surface area contributed by atoms with E-state index in [1.165, 1.54) is 29.8 Å². The number of anilines is 1. The van der Waals surface area contributed by atoms with Gasteiger partial charge in [0.15, 0.2) is 15.8 Å². The minimum absolute atomic E-state index is 0.0574. The number of benzene rings is 2. The SMILES string of the molecule is COc1cc(/C=C2\SC(=S)N(c3cccc(C)c3)C2=O)ccc1O. The fourth-order valence-corrected chi connectivity index (χ4v) is 3.69. The zero-order valence-corrected chi connectivity index (χ0v) is 14.8. The number of ether oxygens (including phenoxy) is 1. The molecule has 3 rings (SSSR count). The van der Waals surface area contributed by atoms with Gasteiger partial charge in [-0.15, -0.1) is 0 Å². The van der Waals surface area contributed by atoms with E-state index in [-0.39, 0.29) is 11.7 Å². The van der Waals surface area contributed by atoms with E-state index in [2.05, 4.69) is 0 Å². The van der Waals surface area contributed by atoms with Gasteiger partial charge >= 0.3 is 0 Å². The number of methoxy groups -OCH3 is 1. The summed E-state index contributed by atoms with van der Waals surface area (Å²) in [6.45, 7) is 1.97. The molecule has 0 saturated carbocycles. The Hall–Kier alpha value is -2.31. The first kappa shape index (κ1) is 16.5. The van der Waals surface area contributed by atoms with Crippen LogP contribution in [0.25, 0.3) is 6.08 Å². The van der Waals surface area contributed by atoms with Crippen molar-refractivity contribution < 1.29 is 14.6 Å². The molecule has 0 aromatic heterocycles. The maximum atomic E-state index is 12.7. The summed E-state index contributed by atoms with van der Waals surface area (Å²) in [5, 5.41) is 9.66. The van der Waals surface area contributed by atoms with Crippen molar-refractivity contribution in [3.8, 4) is 11.5 Å². The minimum Gasteiger partial charge on any atom is -0.504 e. The number of aromatic hydroxyl groups is 1. The summed E-state index contributed by atoms with van der Waals surface area (Å²) in [6, 6.07) is 12.6. The number of aryl methyl sites for hydroxylation is 1. The third-order valence-electron chi connectivity index (χ3n) is 3.56. The highest BCUT2D eigenvalue weighted by atomic mass is 32.2. The van der Waals surface area contributed by atoms with Gasteiger partial charge in [-0.25, -0.2) is 0 Å². The number of carbonyl (C=O) groups is 1. The Morgan fingerprint density at radius 2 is 2.04 bits per heavy atom. The molecule has 1 aliphatic rings. The molecule has 0 aliphatic carbocycles. The van der Waals surface area contributed by atoms with Crippen molar-refractivity contribution in [1.82, 2.24) is 0 Å². The van der Waals surface area contributed by atoms with Crippen LogP contribution in [0.15, 0.2) is 47.4 Å². The second-order valence-electron chi connectivity index (χ2n) is 5.29. The molecule has 0 bridgehead atoms. The van der Waals surface area contributed by atoms with Crippen molar-refractivity contribution >= 4 is 46.0 Å². The summed E-state index contributed by atoms with van der Waals surface area (Å²) in [6.07, 6.45) is 1.75. The third-order valence-corrected chi connectivity index (χ3v) is 4.86. The quantitative estimate of drug-likeness (QED) is 0.662. The van der Waals surface area contributed by atoms with Crippen molar-refractivity contribution in [2.24, 2.45) is 0 Å². The van der Waals surface area contributed by atoms with E-state index in [1.807, 2.05) is 31.2 Å². The number of amides is 1. The minimum atomic E-state index is -0.150. The summed E-state index contributed by atoms with van der Waals surface area (Å²) in [5.41, 5.74) is 2.59. The molecule has 2 aromatic rings. The normalized spacial score (nSPS) is 16.1. The van der Waals surface area contributed by atoms with Gasteiger partial charge in [-0.3, -0.25) is 9.69 Å². The van der Waals surface area contributed by atoms with Crippen molar-refractivity contribution in [3.05, 3.63) is 58.5 Å². The smallest absolute Gasteiger partial charge is 0.270 e. The largest absolute Gasteiger partial charge is 0.504 e. The number of hydrogen-bond acceptors (Lipinski definition) is 5. The molecule has 122 valence electrons. The van der Waals surface area contributed by atoms with Gasteiger partial charge in [-0.1, -0.05) is 42.2 Å². The van der Waals surface area contributed by atoms with E-state index < -0.39 is 0 Å². The zero-order valence-electron chi connectivity index (χ0n) is 13.1. The van der Waals surface area contributed by atoms with E-state index in [0.717, 1.165) is 16.8 Å². The van der Waals surface area contributed by atoms with Crippen LogP contribution < -0.4 is 9.64 Å². The van der Waals surface area contributed by atoms with E-state index >= 15 is 0 Å². The van der Waals surface area contributed by atoms with E-state index in [0.29, 0.717) is 15.0 Å². The number of rotatable bonds is 3. The molecule has 1 heterocycles. The Labute approximate surface area is 149 Å². The van der Waals surface area contributed by atoms with Crippen LogP contribution in [0, 0.1) is 6.92 Å². The lowest BCUT2D eigenvalue weighted by molar-refractivity contribution is -0.113. The predicted octanol–water partition coefficient (Wildman–Crippen LogP) is 4.12. The number of phenolic OH excluding ortho intramolecular Hbond substituents is 1. The number of thioether (sulfide) groups is 1. The lowest BCUT2D eigenvalue weighted by atomic mass is 10.1. The van der Waals surface area contributed by atoms with Crippen molar-refractivity contribution in [3.63, 3.8) is 0 Å². The molecule has 6 heteroatoms. The molecular formula is C18H15NO3S2. The summed E-state index contributed by atoms with van der Waals surface area (Å²) < 4.78 is 5.60. The molecule has 0 unspecified atom stereocenters. The number of thiocarbonyl (C=S) groups is 1. The molecule has 1 aliphatic heterocycles. The van der Waals surface area contributed by atoms with Gasteiger partial charge in [0.05, 0.1) is 17.7 Å². The number of phenols is 1. The van der Waals surface area contributed by atoms with Crippen LogP contribution >= 0.6 is 24.0 Å². The highest BCUT2D eigenvalue weighted by Crippen LogP contribution is 2.37. The van der Waals surface area contributed by atoms with Crippen LogP contribution in [0.2, 0.25) is 0 Å². The molecular weight excluding hydrogens is 342 g/mol. The van der Waals surface area contributed by atoms with Crippen LogP contribution in [0.5, 0.6) is 11.5 Å². The Kier molecular flexibility index (Phi) is 4.59.